The molecule has 0 spiro atoms. The number of halogens is 1. The van der Waals surface area contributed by atoms with Crippen LogP contribution >= 0.6 is 11.6 Å². The third-order valence-corrected chi connectivity index (χ3v) is 3.87. The molecule has 1 saturated carbocycles. The molecule has 0 amide bonds. The zero-order valence-electron chi connectivity index (χ0n) is 10.4. The first-order valence-corrected chi connectivity index (χ1v) is 6.94. The van der Waals surface area contributed by atoms with Gasteiger partial charge in [-0.2, -0.15) is 0 Å². The number of ether oxygens (including phenoxy) is 1. The fourth-order valence-corrected chi connectivity index (χ4v) is 2.90. The summed E-state index contributed by atoms with van der Waals surface area (Å²) in [5.74, 6) is 1.02. The molecule has 1 aromatic carbocycles. The Labute approximate surface area is 112 Å². The van der Waals surface area contributed by atoms with E-state index >= 15 is 0 Å². The largest absolute Gasteiger partial charge is 0.493 e. The molecule has 1 aliphatic heterocycles. The van der Waals surface area contributed by atoms with Crippen LogP contribution in [0.2, 0.25) is 5.02 Å². The van der Waals surface area contributed by atoms with Gasteiger partial charge in [0, 0.05) is 36.1 Å². The number of hydrogen-bond donors (Lipinski definition) is 1. The molecule has 0 radical (unpaired) electrons. The molecule has 0 aromatic heterocycles. The number of rotatable bonds is 5. The highest BCUT2D eigenvalue weighted by Gasteiger charge is 2.30. The van der Waals surface area contributed by atoms with Gasteiger partial charge in [-0.25, -0.2) is 0 Å². The standard InChI is InChI=1S/C14H18ClNO2/c15-12-7-10-3-6-18-14(10)11(8-12)9-16(4-5-17)13-1-2-13/h7-8,13,17H,1-6,9H2. The third-order valence-electron chi connectivity index (χ3n) is 3.65. The lowest BCUT2D eigenvalue weighted by atomic mass is 10.1. The maximum atomic E-state index is 9.14. The maximum Gasteiger partial charge on any atom is 0.127 e. The van der Waals surface area contributed by atoms with Crippen LogP contribution in [-0.2, 0) is 13.0 Å². The summed E-state index contributed by atoms with van der Waals surface area (Å²) in [6.45, 7) is 2.52. The Bertz CT molecular complexity index is 446. The quantitative estimate of drug-likeness (QED) is 0.888. The first-order valence-electron chi connectivity index (χ1n) is 6.57. The van der Waals surface area contributed by atoms with Crippen molar-refractivity contribution >= 4 is 11.6 Å². The molecule has 0 atom stereocenters. The van der Waals surface area contributed by atoms with Crippen molar-refractivity contribution in [2.24, 2.45) is 0 Å². The number of fused-ring (bicyclic) bond motifs is 1. The maximum absolute atomic E-state index is 9.14. The molecule has 3 rings (SSSR count). The Morgan fingerprint density at radius 1 is 1.39 bits per heavy atom. The van der Waals surface area contributed by atoms with Crippen molar-refractivity contribution in [1.29, 1.82) is 0 Å². The van der Waals surface area contributed by atoms with Gasteiger partial charge in [0.05, 0.1) is 13.2 Å². The van der Waals surface area contributed by atoms with Crippen LogP contribution in [0, 0.1) is 0 Å². The van der Waals surface area contributed by atoms with E-state index < -0.39 is 0 Å². The average molecular weight is 268 g/mol. The van der Waals surface area contributed by atoms with Crippen molar-refractivity contribution in [1.82, 2.24) is 4.90 Å². The van der Waals surface area contributed by atoms with Gasteiger partial charge in [0.1, 0.15) is 5.75 Å². The number of benzene rings is 1. The van der Waals surface area contributed by atoms with Gasteiger partial charge in [-0.15, -0.1) is 0 Å². The second-order valence-corrected chi connectivity index (χ2v) is 5.51. The second kappa shape index (κ2) is 5.08. The summed E-state index contributed by atoms with van der Waals surface area (Å²) in [4.78, 5) is 2.33. The highest BCUT2D eigenvalue weighted by Crippen LogP contribution is 2.35. The van der Waals surface area contributed by atoms with Crippen molar-refractivity contribution in [3.05, 3.63) is 28.3 Å². The van der Waals surface area contributed by atoms with Crippen LogP contribution in [-0.4, -0.2) is 35.8 Å². The predicted octanol–water partition coefficient (Wildman–Crippen LogP) is 2.23. The Morgan fingerprint density at radius 3 is 2.94 bits per heavy atom. The van der Waals surface area contributed by atoms with Crippen LogP contribution in [0.4, 0.5) is 0 Å². The van der Waals surface area contributed by atoms with Crippen molar-refractivity contribution in [2.45, 2.75) is 31.8 Å². The molecule has 0 bridgehead atoms. The summed E-state index contributed by atoms with van der Waals surface area (Å²) in [6, 6.07) is 4.63. The minimum Gasteiger partial charge on any atom is -0.493 e. The van der Waals surface area contributed by atoms with E-state index in [0.717, 1.165) is 42.5 Å². The van der Waals surface area contributed by atoms with Gasteiger partial charge < -0.3 is 9.84 Å². The summed E-state index contributed by atoms with van der Waals surface area (Å²) >= 11 is 6.16. The predicted molar refractivity (Wildman–Crippen MR) is 71.2 cm³/mol. The van der Waals surface area contributed by atoms with Crippen LogP contribution in [0.3, 0.4) is 0 Å². The van der Waals surface area contributed by atoms with E-state index in [4.69, 9.17) is 21.4 Å². The number of aliphatic hydroxyl groups is 1. The van der Waals surface area contributed by atoms with E-state index in [1.807, 2.05) is 12.1 Å². The SMILES string of the molecule is OCCN(Cc1cc(Cl)cc2c1OCC2)C1CC1. The smallest absolute Gasteiger partial charge is 0.127 e. The van der Waals surface area contributed by atoms with Gasteiger partial charge in [-0.1, -0.05) is 11.6 Å². The van der Waals surface area contributed by atoms with Gasteiger partial charge in [0.2, 0.25) is 0 Å². The highest BCUT2D eigenvalue weighted by molar-refractivity contribution is 6.30. The molecule has 2 aliphatic rings. The molecule has 3 nitrogen and oxygen atoms in total. The molecule has 1 aliphatic carbocycles. The molecule has 98 valence electrons. The molecular weight excluding hydrogens is 250 g/mol. The molecule has 0 saturated heterocycles. The summed E-state index contributed by atoms with van der Waals surface area (Å²) in [7, 11) is 0. The zero-order valence-corrected chi connectivity index (χ0v) is 11.1. The number of hydrogen-bond acceptors (Lipinski definition) is 3. The number of nitrogens with zero attached hydrogens (tertiary/aromatic N) is 1. The van der Waals surface area contributed by atoms with Crippen molar-refractivity contribution in [3.63, 3.8) is 0 Å². The lowest BCUT2D eigenvalue weighted by Crippen LogP contribution is -2.28. The van der Waals surface area contributed by atoms with E-state index in [9.17, 15) is 0 Å². The van der Waals surface area contributed by atoms with Crippen LogP contribution in [0.25, 0.3) is 0 Å². The van der Waals surface area contributed by atoms with Gasteiger partial charge >= 0.3 is 0 Å². The van der Waals surface area contributed by atoms with Crippen LogP contribution < -0.4 is 4.74 Å². The third kappa shape index (κ3) is 2.48. The lowest BCUT2D eigenvalue weighted by molar-refractivity contribution is 0.182. The van der Waals surface area contributed by atoms with Crippen LogP contribution in [0.15, 0.2) is 12.1 Å². The van der Waals surface area contributed by atoms with Crippen LogP contribution in [0.5, 0.6) is 5.75 Å². The van der Waals surface area contributed by atoms with Gasteiger partial charge in [0.15, 0.2) is 0 Å². The molecule has 1 N–H and O–H groups in total. The topological polar surface area (TPSA) is 32.7 Å². The van der Waals surface area contributed by atoms with E-state index in [-0.39, 0.29) is 6.61 Å². The monoisotopic (exact) mass is 267 g/mol. The average Bonchev–Trinajstić information content (AvgIpc) is 3.07. The highest BCUT2D eigenvalue weighted by atomic mass is 35.5. The Hall–Kier alpha value is -0.770. The zero-order chi connectivity index (χ0) is 12.5. The van der Waals surface area contributed by atoms with Gasteiger partial charge in [0.25, 0.3) is 0 Å². The molecule has 1 heterocycles. The minimum absolute atomic E-state index is 0.208. The fourth-order valence-electron chi connectivity index (χ4n) is 2.64. The fraction of sp³-hybridized carbons (Fsp3) is 0.571. The Morgan fingerprint density at radius 2 is 2.22 bits per heavy atom. The first-order chi connectivity index (χ1) is 8.78. The molecular formula is C14H18ClNO2. The summed E-state index contributed by atoms with van der Waals surface area (Å²) in [5.41, 5.74) is 2.38. The van der Waals surface area contributed by atoms with Gasteiger partial charge in [-0.05, 0) is 30.5 Å². The van der Waals surface area contributed by atoms with Crippen molar-refractivity contribution in [3.8, 4) is 5.75 Å². The van der Waals surface area contributed by atoms with E-state index in [2.05, 4.69) is 4.90 Å². The Balaban J connectivity index is 1.82. The molecule has 1 aromatic rings. The van der Waals surface area contributed by atoms with Gasteiger partial charge in [-0.3, -0.25) is 4.90 Å². The molecule has 18 heavy (non-hydrogen) atoms. The summed E-state index contributed by atoms with van der Waals surface area (Å²) < 4.78 is 5.72. The van der Waals surface area contributed by atoms with Crippen molar-refractivity contribution in [2.75, 3.05) is 19.8 Å². The number of aliphatic hydroxyl groups excluding tert-OH is 1. The molecule has 0 unspecified atom stereocenters. The second-order valence-electron chi connectivity index (χ2n) is 5.08. The molecule has 1 fully saturated rings. The summed E-state index contributed by atoms with van der Waals surface area (Å²) in [6.07, 6.45) is 3.43. The van der Waals surface area contributed by atoms with E-state index in [0.29, 0.717) is 6.04 Å². The lowest BCUT2D eigenvalue weighted by Gasteiger charge is -2.22. The van der Waals surface area contributed by atoms with Crippen molar-refractivity contribution < 1.29 is 9.84 Å². The normalized spacial score (nSPS) is 17.9. The summed E-state index contributed by atoms with van der Waals surface area (Å²) in [5, 5.41) is 9.93. The van der Waals surface area contributed by atoms with Crippen LogP contribution in [0.1, 0.15) is 24.0 Å². The van der Waals surface area contributed by atoms with E-state index in [1.165, 1.54) is 18.4 Å². The molecule has 4 heteroatoms. The van der Waals surface area contributed by atoms with E-state index in [1.54, 1.807) is 0 Å². The first kappa shape index (κ1) is 12.3. The minimum atomic E-state index is 0.208. The Kier molecular flexibility index (Phi) is 3.46.